The maximum Gasteiger partial charge on any atom is 0.261 e. The second-order valence-corrected chi connectivity index (χ2v) is 9.51. The fourth-order valence-electron chi connectivity index (χ4n) is 3.41. The minimum absolute atomic E-state index is 0.197. The van der Waals surface area contributed by atoms with Gasteiger partial charge in [-0.2, -0.15) is 0 Å². The number of benzene rings is 2. The summed E-state index contributed by atoms with van der Waals surface area (Å²) in [6, 6.07) is 16.7. The Morgan fingerprint density at radius 2 is 1.88 bits per heavy atom. The van der Waals surface area contributed by atoms with Crippen molar-refractivity contribution in [1.82, 2.24) is 19.9 Å². The lowest BCUT2D eigenvalue weighted by molar-refractivity contribution is 0.0952. The number of hydrogen-bond acceptors (Lipinski definition) is 5. The quantitative estimate of drug-likeness (QED) is 0.293. The van der Waals surface area contributed by atoms with Crippen LogP contribution in [0.15, 0.2) is 71.8 Å². The molecule has 0 saturated heterocycles. The molecule has 0 bridgehead atoms. The molecule has 4 rings (SSSR count). The Hall–Kier alpha value is -3.43. The molecular weight excluding hydrogens is 462 g/mol. The van der Waals surface area contributed by atoms with E-state index in [0.29, 0.717) is 41.3 Å². The van der Waals surface area contributed by atoms with Gasteiger partial charge in [-0.25, -0.2) is 18.4 Å². The number of halogens is 1. The predicted molar refractivity (Wildman–Crippen MR) is 128 cm³/mol. The van der Waals surface area contributed by atoms with Crippen LogP contribution in [-0.2, 0) is 23.5 Å². The zero-order chi connectivity index (χ0) is 23.4. The number of sulfonamides is 1. The summed E-state index contributed by atoms with van der Waals surface area (Å²) in [5.74, 6) is 0.634. The van der Waals surface area contributed by atoms with Crippen LogP contribution in [0.25, 0.3) is 11.0 Å². The van der Waals surface area contributed by atoms with Gasteiger partial charge < -0.3 is 9.88 Å². The molecule has 1 amide bonds. The number of aryl methyl sites for hydroxylation is 2. The highest BCUT2D eigenvalue weighted by molar-refractivity contribution is 7.92. The van der Waals surface area contributed by atoms with Crippen molar-refractivity contribution in [3.8, 4) is 0 Å². The van der Waals surface area contributed by atoms with Crippen molar-refractivity contribution in [1.29, 1.82) is 0 Å². The first-order valence-electron chi connectivity index (χ1n) is 10.3. The zero-order valence-corrected chi connectivity index (χ0v) is 19.4. The van der Waals surface area contributed by atoms with Crippen LogP contribution >= 0.6 is 11.6 Å². The number of amides is 1. The Bertz CT molecular complexity index is 1390. The molecule has 0 saturated carbocycles. The van der Waals surface area contributed by atoms with Gasteiger partial charge in [0.15, 0.2) is 0 Å². The number of aromatic nitrogens is 3. The minimum Gasteiger partial charge on any atom is -0.352 e. The van der Waals surface area contributed by atoms with E-state index in [1.807, 2.05) is 17.7 Å². The summed E-state index contributed by atoms with van der Waals surface area (Å²) in [7, 11) is -1.76. The average Bonchev–Trinajstić information content (AvgIpc) is 3.12. The molecule has 2 aromatic heterocycles. The van der Waals surface area contributed by atoms with Crippen molar-refractivity contribution in [3.05, 3.63) is 83.4 Å². The number of pyridine rings is 1. The summed E-state index contributed by atoms with van der Waals surface area (Å²) in [5.41, 5.74) is 2.48. The molecule has 10 heteroatoms. The van der Waals surface area contributed by atoms with Crippen LogP contribution in [0, 0.1) is 0 Å². The third-order valence-electron chi connectivity index (χ3n) is 5.13. The molecule has 0 atom stereocenters. The Labute approximate surface area is 196 Å². The van der Waals surface area contributed by atoms with Gasteiger partial charge >= 0.3 is 0 Å². The van der Waals surface area contributed by atoms with E-state index >= 15 is 0 Å². The molecule has 0 aliphatic carbocycles. The Morgan fingerprint density at radius 3 is 2.61 bits per heavy atom. The summed E-state index contributed by atoms with van der Waals surface area (Å²) in [4.78, 5) is 20.9. The van der Waals surface area contributed by atoms with Gasteiger partial charge in [0.05, 0.1) is 27.2 Å². The van der Waals surface area contributed by atoms with E-state index in [-0.39, 0.29) is 10.8 Å². The van der Waals surface area contributed by atoms with Crippen LogP contribution in [0.3, 0.4) is 0 Å². The van der Waals surface area contributed by atoms with Crippen LogP contribution in [0.1, 0.15) is 22.6 Å². The Morgan fingerprint density at radius 1 is 1.09 bits per heavy atom. The van der Waals surface area contributed by atoms with Crippen LogP contribution in [0.2, 0.25) is 5.15 Å². The summed E-state index contributed by atoms with van der Waals surface area (Å²) in [5, 5.41) is 3.19. The Kier molecular flexibility index (Phi) is 6.62. The fraction of sp³-hybridized carbons (Fsp3) is 0.174. The maximum absolute atomic E-state index is 12.6. The fourth-order valence-corrected chi connectivity index (χ4v) is 4.59. The number of carbonyl (C=O) groups excluding carboxylic acids is 1. The molecule has 0 radical (unpaired) electrons. The average molecular weight is 484 g/mol. The standard InChI is InChI=1S/C23H22ClN5O3S/c1-29-20-11-10-17(28-33(31,32)18-6-3-2-4-7-18)14-19(20)27-22(29)8-5-13-25-23(30)16-9-12-21(24)26-15-16/h2-4,6-7,9-12,14-15,28H,5,8,13H2,1H3,(H,25,30). The summed E-state index contributed by atoms with van der Waals surface area (Å²) < 4.78 is 29.7. The van der Waals surface area contributed by atoms with Gasteiger partial charge in [0, 0.05) is 26.2 Å². The molecular formula is C23H22ClN5O3S. The summed E-state index contributed by atoms with van der Waals surface area (Å²) in [6.45, 7) is 0.479. The predicted octanol–water partition coefficient (Wildman–Crippen LogP) is 3.79. The lowest BCUT2D eigenvalue weighted by Crippen LogP contribution is -2.25. The maximum atomic E-state index is 12.6. The van der Waals surface area contributed by atoms with Crippen LogP contribution in [0.5, 0.6) is 0 Å². The topological polar surface area (TPSA) is 106 Å². The molecule has 0 aliphatic rings. The number of nitrogens with zero attached hydrogens (tertiary/aromatic N) is 3. The molecule has 0 spiro atoms. The monoisotopic (exact) mass is 483 g/mol. The van der Waals surface area contributed by atoms with E-state index < -0.39 is 10.0 Å². The van der Waals surface area contributed by atoms with Gasteiger partial charge in [-0.3, -0.25) is 9.52 Å². The third-order valence-corrected chi connectivity index (χ3v) is 6.75. The van der Waals surface area contributed by atoms with Crippen molar-refractivity contribution in [2.24, 2.45) is 7.05 Å². The first-order chi connectivity index (χ1) is 15.8. The molecule has 4 aromatic rings. The van der Waals surface area contributed by atoms with Crippen molar-refractivity contribution in [2.75, 3.05) is 11.3 Å². The normalized spacial score (nSPS) is 11.5. The molecule has 0 unspecified atom stereocenters. The number of hydrogen-bond donors (Lipinski definition) is 2. The van der Waals surface area contributed by atoms with Crippen molar-refractivity contribution in [3.63, 3.8) is 0 Å². The van der Waals surface area contributed by atoms with E-state index in [0.717, 1.165) is 11.3 Å². The number of carbonyl (C=O) groups is 1. The van der Waals surface area contributed by atoms with Crippen LogP contribution < -0.4 is 10.0 Å². The number of anilines is 1. The molecule has 170 valence electrons. The third kappa shape index (κ3) is 5.32. The molecule has 8 nitrogen and oxygen atoms in total. The van der Waals surface area contributed by atoms with Crippen molar-refractivity contribution < 1.29 is 13.2 Å². The number of imidazole rings is 1. The van der Waals surface area contributed by atoms with Crippen LogP contribution in [-0.4, -0.2) is 35.4 Å². The van der Waals surface area contributed by atoms with Gasteiger partial charge in [-0.1, -0.05) is 29.8 Å². The SMILES string of the molecule is Cn1c(CCCNC(=O)c2ccc(Cl)nc2)nc2cc(NS(=O)(=O)c3ccccc3)ccc21. The first kappa shape index (κ1) is 22.8. The van der Waals surface area contributed by atoms with E-state index in [2.05, 4.69) is 20.0 Å². The highest BCUT2D eigenvalue weighted by atomic mass is 35.5. The highest BCUT2D eigenvalue weighted by Crippen LogP contribution is 2.22. The molecule has 2 N–H and O–H groups in total. The van der Waals surface area contributed by atoms with Gasteiger partial charge in [0.25, 0.3) is 15.9 Å². The lowest BCUT2D eigenvalue weighted by atomic mass is 10.2. The van der Waals surface area contributed by atoms with E-state index in [1.165, 1.54) is 6.20 Å². The second kappa shape index (κ2) is 9.60. The van der Waals surface area contributed by atoms with Crippen molar-refractivity contribution >= 4 is 44.3 Å². The number of fused-ring (bicyclic) bond motifs is 1. The van der Waals surface area contributed by atoms with E-state index in [1.54, 1.807) is 54.6 Å². The molecule has 33 heavy (non-hydrogen) atoms. The summed E-state index contributed by atoms with van der Waals surface area (Å²) >= 11 is 5.74. The largest absolute Gasteiger partial charge is 0.352 e. The van der Waals surface area contributed by atoms with Crippen LogP contribution in [0.4, 0.5) is 5.69 Å². The van der Waals surface area contributed by atoms with Gasteiger partial charge in [0.1, 0.15) is 11.0 Å². The number of nitrogens with one attached hydrogen (secondary N) is 2. The Balaban J connectivity index is 1.39. The molecule has 0 aliphatic heterocycles. The second-order valence-electron chi connectivity index (χ2n) is 7.44. The highest BCUT2D eigenvalue weighted by Gasteiger charge is 2.15. The summed E-state index contributed by atoms with van der Waals surface area (Å²) in [6.07, 6.45) is 2.78. The van der Waals surface area contributed by atoms with Gasteiger partial charge in [-0.15, -0.1) is 0 Å². The van der Waals surface area contributed by atoms with Gasteiger partial charge in [0.2, 0.25) is 0 Å². The van der Waals surface area contributed by atoms with E-state index in [9.17, 15) is 13.2 Å². The molecule has 2 heterocycles. The lowest BCUT2D eigenvalue weighted by Gasteiger charge is -2.08. The van der Waals surface area contributed by atoms with Gasteiger partial charge in [-0.05, 0) is 48.9 Å². The molecule has 0 fully saturated rings. The zero-order valence-electron chi connectivity index (χ0n) is 17.8. The van der Waals surface area contributed by atoms with Crippen molar-refractivity contribution in [2.45, 2.75) is 17.7 Å². The smallest absolute Gasteiger partial charge is 0.261 e. The molecule has 2 aromatic carbocycles. The van der Waals surface area contributed by atoms with E-state index in [4.69, 9.17) is 11.6 Å². The first-order valence-corrected chi connectivity index (χ1v) is 12.1. The number of rotatable bonds is 8. The minimum atomic E-state index is -3.67.